The second-order valence-corrected chi connectivity index (χ2v) is 12.3. The lowest BCUT2D eigenvalue weighted by Gasteiger charge is -2.28. The zero-order valence-electron chi connectivity index (χ0n) is 27.1. The first-order valence-corrected chi connectivity index (χ1v) is 15.3. The van der Waals surface area contributed by atoms with E-state index in [-0.39, 0.29) is 24.7 Å². The van der Waals surface area contributed by atoms with Gasteiger partial charge < -0.3 is 48.3 Å². The molecule has 0 saturated heterocycles. The minimum absolute atomic E-state index is 0.0823. The van der Waals surface area contributed by atoms with E-state index in [4.69, 9.17) is 11.5 Å². The van der Waals surface area contributed by atoms with Crippen molar-refractivity contribution >= 4 is 35.5 Å². The van der Waals surface area contributed by atoms with Crippen LogP contribution in [0.25, 0.3) is 0 Å². The molecule has 0 spiro atoms. The van der Waals surface area contributed by atoms with Gasteiger partial charge >= 0.3 is 5.97 Å². The summed E-state index contributed by atoms with van der Waals surface area (Å²) in [6.45, 7) is 12.1. The summed E-state index contributed by atoms with van der Waals surface area (Å²) in [4.78, 5) is 75.9. The molecule has 15 nitrogen and oxygen atoms in total. The average Bonchev–Trinajstić information content (AvgIpc) is 2.90. The highest BCUT2D eigenvalue weighted by molar-refractivity contribution is 5.95. The molecule has 15 heteroatoms. The fourth-order valence-corrected chi connectivity index (χ4v) is 4.31. The standard InChI is InChI=1S/C29H55N7O8/c1-15(2)12-19(31)25(39)32-14-22(38)35-23(17(5)6)27(41)34-21(13-16(3)4)26(40)36-24(18(7)37)28(42)33-20(29(43)44)10-8-9-11-30/h15-21,23-24,37H,8-14,30-31H2,1-7H3,(H,32,39)(H,33,42)(H,34,41)(H,35,38)(H,36,40)(H,43,44)/t18?,19-,20-,21-,23-,24-/m0/s1. The molecule has 44 heavy (non-hydrogen) atoms. The Labute approximate surface area is 260 Å². The summed E-state index contributed by atoms with van der Waals surface area (Å²) in [7, 11) is 0. The van der Waals surface area contributed by atoms with Gasteiger partial charge in [-0.25, -0.2) is 4.79 Å². The van der Waals surface area contributed by atoms with Gasteiger partial charge in [0.05, 0.1) is 18.7 Å². The molecular weight excluding hydrogens is 574 g/mol. The van der Waals surface area contributed by atoms with Crippen LogP contribution in [0, 0.1) is 17.8 Å². The minimum atomic E-state index is -1.50. The molecule has 0 aliphatic carbocycles. The number of amides is 5. The second kappa shape index (κ2) is 20.6. The summed E-state index contributed by atoms with van der Waals surface area (Å²) >= 11 is 0. The smallest absolute Gasteiger partial charge is 0.326 e. The summed E-state index contributed by atoms with van der Waals surface area (Å²) in [5.74, 6) is -5.02. The van der Waals surface area contributed by atoms with Crippen LogP contribution in [0.1, 0.15) is 80.6 Å². The van der Waals surface area contributed by atoms with E-state index in [1.54, 1.807) is 13.8 Å². The van der Waals surface area contributed by atoms with Crippen molar-refractivity contribution in [2.45, 2.75) is 117 Å². The van der Waals surface area contributed by atoms with Gasteiger partial charge in [0.1, 0.15) is 24.2 Å². The van der Waals surface area contributed by atoms with Crippen LogP contribution in [0.3, 0.4) is 0 Å². The summed E-state index contributed by atoms with van der Waals surface area (Å²) in [5.41, 5.74) is 11.3. The van der Waals surface area contributed by atoms with E-state index in [1.807, 2.05) is 27.7 Å². The first-order valence-electron chi connectivity index (χ1n) is 15.3. The molecule has 0 radical (unpaired) electrons. The number of nitrogens with one attached hydrogen (secondary N) is 5. The average molecular weight is 630 g/mol. The van der Waals surface area contributed by atoms with Crippen LogP contribution in [0.4, 0.5) is 0 Å². The molecule has 0 aliphatic rings. The van der Waals surface area contributed by atoms with Gasteiger partial charge in [0.15, 0.2) is 0 Å². The molecule has 1 unspecified atom stereocenters. The summed E-state index contributed by atoms with van der Waals surface area (Å²) in [6, 6.07) is -5.74. The molecule has 254 valence electrons. The summed E-state index contributed by atoms with van der Waals surface area (Å²) in [6.07, 6.45) is 0.335. The highest BCUT2D eigenvalue weighted by Gasteiger charge is 2.34. The number of carboxylic acids is 1. The maximum atomic E-state index is 13.3. The van der Waals surface area contributed by atoms with Crippen molar-refractivity contribution in [2.24, 2.45) is 29.2 Å². The van der Waals surface area contributed by atoms with Crippen molar-refractivity contribution in [3.63, 3.8) is 0 Å². The summed E-state index contributed by atoms with van der Waals surface area (Å²) < 4.78 is 0. The second-order valence-electron chi connectivity index (χ2n) is 12.3. The molecule has 0 aliphatic heterocycles. The third-order valence-corrected chi connectivity index (χ3v) is 6.72. The molecule has 0 aromatic carbocycles. The van der Waals surface area contributed by atoms with Gasteiger partial charge in [0.25, 0.3) is 0 Å². The van der Waals surface area contributed by atoms with E-state index in [0.717, 1.165) is 0 Å². The van der Waals surface area contributed by atoms with E-state index < -0.39 is 84.3 Å². The number of hydrogen-bond acceptors (Lipinski definition) is 9. The normalized spacial score (nSPS) is 15.5. The SMILES string of the molecule is CC(C)C[C@H](NC(=O)[C@@H](NC(=O)CNC(=O)[C@@H](N)CC(C)C)C(C)C)C(=O)N[C@H](C(=O)N[C@@H](CCCCN)C(=O)O)C(C)O. The zero-order chi connectivity index (χ0) is 34.1. The van der Waals surface area contributed by atoms with E-state index >= 15 is 0 Å². The van der Waals surface area contributed by atoms with Gasteiger partial charge in [-0.3, -0.25) is 24.0 Å². The highest BCUT2D eigenvalue weighted by atomic mass is 16.4. The van der Waals surface area contributed by atoms with Gasteiger partial charge in [-0.2, -0.15) is 0 Å². The predicted octanol–water partition coefficient (Wildman–Crippen LogP) is -1.29. The fraction of sp³-hybridized carbons (Fsp3) is 0.793. The molecule has 0 heterocycles. The van der Waals surface area contributed by atoms with Gasteiger partial charge in [0.2, 0.25) is 29.5 Å². The maximum absolute atomic E-state index is 13.3. The number of carbonyl (C=O) groups is 6. The van der Waals surface area contributed by atoms with Crippen LogP contribution in [0.5, 0.6) is 0 Å². The number of aliphatic hydroxyl groups is 1. The third-order valence-electron chi connectivity index (χ3n) is 6.72. The molecule has 5 amide bonds. The third kappa shape index (κ3) is 16.0. The van der Waals surface area contributed by atoms with E-state index in [9.17, 15) is 39.0 Å². The molecule has 0 saturated carbocycles. The van der Waals surface area contributed by atoms with Crippen molar-refractivity contribution in [3.8, 4) is 0 Å². The molecule has 11 N–H and O–H groups in total. The minimum Gasteiger partial charge on any atom is -0.480 e. The number of aliphatic hydroxyl groups excluding tert-OH is 1. The van der Waals surface area contributed by atoms with Gasteiger partial charge in [-0.15, -0.1) is 0 Å². The van der Waals surface area contributed by atoms with Crippen molar-refractivity contribution in [1.29, 1.82) is 0 Å². The van der Waals surface area contributed by atoms with Crippen LogP contribution in [0.15, 0.2) is 0 Å². The zero-order valence-corrected chi connectivity index (χ0v) is 27.1. The molecule has 0 aromatic heterocycles. The van der Waals surface area contributed by atoms with Gasteiger partial charge in [-0.05, 0) is 63.3 Å². The first kappa shape index (κ1) is 40.7. The van der Waals surface area contributed by atoms with Crippen molar-refractivity contribution < 1.29 is 39.0 Å². The lowest BCUT2D eigenvalue weighted by molar-refractivity contribution is -0.143. The fourth-order valence-electron chi connectivity index (χ4n) is 4.31. The van der Waals surface area contributed by atoms with Gasteiger partial charge in [-0.1, -0.05) is 41.5 Å². The van der Waals surface area contributed by atoms with Crippen LogP contribution in [0.2, 0.25) is 0 Å². The first-order chi connectivity index (χ1) is 20.4. The van der Waals surface area contributed by atoms with E-state index in [1.165, 1.54) is 6.92 Å². The van der Waals surface area contributed by atoms with Crippen LogP contribution in [-0.2, 0) is 28.8 Å². The Bertz CT molecular complexity index is 958. The lowest BCUT2D eigenvalue weighted by Crippen LogP contribution is -2.61. The molecule has 0 bridgehead atoms. The quantitative estimate of drug-likeness (QED) is 0.0679. The van der Waals surface area contributed by atoms with Gasteiger partial charge in [0, 0.05) is 0 Å². The summed E-state index contributed by atoms with van der Waals surface area (Å²) in [5, 5.41) is 32.2. The number of carbonyl (C=O) groups excluding carboxylic acids is 5. The molecular formula is C29H55N7O8. The highest BCUT2D eigenvalue weighted by Crippen LogP contribution is 2.10. The molecule has 0 fully saturated rings. The predicted molar refractivity (Wildman–Crippen MR) is 165 cm³/mol. The Morgan fingerprint density at radius 1 is 0.682 bits per heavy atom. The van der Waals surface area contributed by atoms with E-state index in [0.29, 0.717) is 25.8 Å². The van der Waals surface area contributed by atoms with Crippen molar-refractivity contribution in [3.05, 3.63) is 0 Å². The Morgan fingerprint density at radius 3 is 1.70 bits per heavy atom. The number of hydrogen-bond donors (Lipinski definition) is 9. The Kier molecular flexibility index (Phi) is 19.1. The number of unbranched alkanes of at least 4 members (excludes halogenated alkanes) is 1. The number of aliphatic carboxylic acids is 1. The molecule has 0 rings (SSSR count). The van der Waals surface area contributed by atoms with Crippen LogP contribution < -0.4 is 38.1 Å². The molecule has 0 aromatic rings. The maximum Gasteiger partial charge on any atom is 0.326 e. The molecule has 6 atom stereocenters. The number of carboxylic acid groups (broad SMARTS) is 1. The number of nitrogens with two attached hydrogens (primary N) is 2. The van der Waals surface area contributed by atoms with E-state index in [2.05, 4.69) is 26.6 Å². The van der Waals surface area contributed by atoms with Crippen LogP contribution in [-0.4, -0.2) is 95.1 Å². The van der Waals surface area contributed by atoms with Crippen molar-refractivity contribution in [1.82, 2.24) is 26.6 Å². The lowest BCUT2D eigenvalue weighted by atomic mass is 9.99. The number of rotatable bonds is 21. The van der Waals surface area contributed by atoms with Crippen molar-refractivity contribution in [2.75, 3.05) is 13.1 Å². The topological polar surface area (TPSA) is 255 Å². The largest absolute Gasteiger partial charge is 0.480 e. The Hall–Kier alpha value is -3.30. The Morgan fingerprint density at radius 2 is 1.23 bits per heavy atom. The monoisotopic (exact) mass is 629 g/mol. The van der Waals surface area contributed by atoms with Crippen LogP contribution >= 0.6 is 0 Å². The Balaban J connectivity index is 5.58.